The fourth-order valence-corrected chi connectivity index (χ4v) is 2.70. The van der Waals surface area contributed by atoms with Gasteiger partial charge in [-0.2, -0.15) is 0 Å². The highest BCUT2D eigenvalue weighted by molar-refractivity contribution is 5.94. The number of carbonyl (C=O) groups excluding carboxylic acids is 2. The van der Waals surface area contributed by atoms with E-state index in [9.17, 15) is 9.59 Å². The van der Waals surface area contributed by atoms with Crippen molar-refractivity contribution in [1.82, 2.24) is 10.6 Å². The van der Waals surface area contributed by atoms with E-state index in [0.717, 1.165) is 12.8 Å². The Labute approximate surface area is 126 Å². The van der Waals surface area contributed by atoms with Crippen molar-refractivity contribution in [1.29, 1.82) is 0 Å². The standard InChI is InChI=1S/C17H24N2O2/c20-16(19-15-10-6-1-2-7-11-15)12-13-18-17(21)14-8-4-3-5-9-14/h3-5,8-9,15H,1-2,6-7,10-13H2,(H,18,21)(H,19,20). The van der Waals surface area contributed by atoms with E-state index < -0.39 is 0 Å². The summed E-state index contributed by atoms with van der Waals surface area (Å²) in [6.45, 7) is 0.381. The largest absolute Gasteiger partial charge is 0.353 e. The minimum absolute atomic E-state index is 0.0373. The van der Waals surface area contributed by atoms with Crippen LogP contribution in [0.4, 0.5) is 0 Å². The fraction of sp³-hybridized carbons (Fsp3) is 0.529. The van der Waals surface area contributed by atoms with E-state index in [1.807, 2.05) is 18.2 Å². The van der Waals surface area contributed by atoms with Crippen LogP contribution in [0, 0.1) is 0 Å². The van der Waals surface area contributed by atoms with Crippen molar-refractivity contribution in [3.8, 4) is 0 Å². The molecule has 21 heavy (non-hydrogen) atoms. The molecule has 4 nitrogen and oxygen atoms in total. The summed E-state index contributed by atoms with van der Waals surface area (Å²) < 4.78 is 0. The van der Waals surface area contributed by atoms with Gasteiger partial charge in [0, 0.05) is 24.6 Å². The zero-order valence-corrected chi connectivity index (χ0v) is 12.4. The number of carbonyl (C=O) groups is 2. The van der Waals surface area contributed by atoms with Gasteiger partial charge in [-0.3, -0.25) is 9.59 Å². The van der Waals surface area contributed by atoms with E-state index in [0.29, 0.717) is 24.6 Å². The summed E-state index contributed by atoms with van der Waals surface area (Å²) in [5.74, 6) is -0.0897. The van der Waals surface area contributed by atoms with Crippen LogP contribution in [0.25, 0.3) is 0 Å². The highest BCUT2D eigenvalue weighted by Gasteiger charge is 2.14. The third kappa shape index (κ3) is 5.58. The number of nitrogens with one attached hydrogen (secondary N) is 2. The van der Waals surface area contributed by atoms with Crippen molar-refractivity contribution in [2.45, 2.75) is 51.0 Å². The van der Waals surface area contributed by atoms with Crippen LogP contribution in [-0.2, 0) is 4.79 Å². The van der Waals surface area contributed by atoms with Gasteiger partial charge in [-0.25, -0.2) is 0 Å². The molecule has 2 rings (SSSR count). The van der Waals surface area contributed by atoms with Crippen molar-refractivity contribution in [2.24, 2.45) is 0 Å². The van der Waals surface area contributed by atoms with Gasteiger partial charge in [0.15, 0.2) is 0 Å². The Bertz CT molecular complexity index is 451. The van der Waals surface area contributed by atoms with Gasteiger partial charge in [-0.1, -0.05) is 43.9 Å². The van der Waals surface area contributed by atoms with Crippen molar-refractivity contribution >= 4 is 11.8 Å². The second-order valence-electron chi connectivity index (χ2n) is 5.63. The molecule has 0 unspecified atom stereocenters. The predicted octanol–water partition coefficient (Wildman–Crippen LogP) is 2.65. The Morgan fingerprint density at radius 3 is 2.33 bits per heavy atom. The van der Waals surface area contributed by atoms with Gasteiger partial charge in [0.05, 0.1) is 0 Å². The van der Waals surface area contributed by atoms with E-state index in [1.165, 1.54) is 25.7 Å². The van der Waals surface area contributed by atoms with Gasteiger partial charge in [0.1, 0.15) is 0 Å². The summed E-state index contributed by atoms with van der Waals surface area (Å²) in [6, 6.07) is 9.38. The van der Waals surface area contributed by atoms with Crippen LogP contribution in [0.1, 0.15) is 55.3 Å². The van der Waals surface area contributed by atoms with E-state index in [-0.39, 0.29) is 11.8 Å². The molecule has 0 aromatic heterocycles. The molecule has 1 saturated carbocycles. The van der Waals surface area contributed by atoms with Gasteiger partial charge in [-0.05, 0) is 25.0 Å². The summed E-state index contributed by atoms with van der Waals surface area (Å²) in [6.07, 6.45) is 7.48. The lowest BCUT2D eigenvalue weighted by Gasteiger charge is -2.16. The van der Waals surface area contributed by atoms with Crippen LogP contribution >= 0.6 is 0 Å². The van der Waals surface area contributed by atoms with Gasteiger partial charge >= 0.3 is 0 Å². The number of benzene rings is 1. The zero-order chi connectivity index (χ0) is 14.9. The zero-order valence-electron chi connectivity index (χ0n) is 12.4. The molecule has 1 aromatic carbocycles. The molecule has 4 heteroatoms. The molecule has 114 valence electrons. The number of rotatable bonds is 5. The van der Waals surface area contributed by atoms with Crippen LogP contribution in [0.5, 0.6) is 0 Å². The first kappa shape index (κ1) is 15.5. The second-order valence-corrected chi connectivity index (χ2v) is 5.63. The first-order valence-corrected chi connectivity index (χ1v) is 7.88. The molecule has 0 bridgehead atoms. The normalized spacial score (nSPS) is 16.0. The van der Waals surface area contributed by atoms with Crippen molar-refractivity contribution in [3.05, 3.63) is 35.9 Å². The lowest BCUT2D eigenvalue weighted by molar-refractivity contribution is -0.121. The summed E-state index contributed by atoms with van der Waals surface area (Å²) >= 11 is 0. The summed E-state index contributed by atoms with van der Waals surface area (Å²) in [4.78, 5) is 23.7. The Kier molecular flexibility index (Phi) is 6.25. The molecule has 0 spiro atoms. The minimum atomic E-state index is -0.127. The highest BCUT2D eigenvalue weighted by Crippen LogP contribution is 2.17. The summed E-state index contributed by atoms with van der Waals surface area (Å²) in [5.41, 5.74) is 0.627. The van der Waals surface area contributed by atoms with Crippen molar-refractivity contribution < 1.29 is 9.59 Å². The molecular formula is C17H24N2O2. The van der Waals surface area contributed by atoms with Crippen LogP contribution in [-0.4, -0.2) is 24.4 Å². The molecule has 1 fully saturated rings. The third-order valence-electron chi connectivity index (χ3n) is 3.89. The number of hydrogen-bond donors (Lipinski definition) is 2. The number of amides is 2. The second kappa shape index (κ2) is 8.45. The van der Waals surface area contributed by atoms with Gasteiger partial charge in [0.25, 0.3) is 5.91 Å². The van der Waals surface area contributed by atoms with E-state index in [1.54, 1.807) is 12.1 Å². The van der Waals surface area contributed by atoms with Crippen molar-refractivity contribution in [2.75, 3.05) is 6.54 Å². The van der Waals surface area contributed by atoms with E-state index in [2.05, 4.69) is 10.6 Å². The number of hydrogen-bond acceptors (Lipinski definition) is 2. The minimum Gasteiger partial charge on any atom is -0.353 e. The maximum Gasteiger partial charge on any atom is 0.251 e. The van der Waals surface area contributed by atoms with Gasteiger partial charge in [0.2, 0.25) is 5.91 Å². The average molecular weight is 288 g/mol. The quantitative estimate of drug-likeness (QED) is 0.818. The molecule has 1 aromatic rings. The smallest absolute Gasteiger partial charge is 0.251 e. The molecule has 2 amide bonds. The Morgan fingerprint density at radius 1 is 1.00 bits per heavy atom. The molecular weight excluding hydrogens is 264 g/mol. The lowest BCUT2D eigenvalue weighted by atomic mass is 10.1. The van der Waals surface area contributed by atoms with Crippen LogP contribution in [0.3, 0.4) is 0 Å². The Morgan fingerprint density at radius 2 is 1.67 bits per heavy atom. The lowest BCUT2D eigenvalue weighted by Crippen LogP contribution is -2.36. The first-order chi connectivity index (χ1) is 10.3. The van der Waals surface area contributed by atoms with E-state index in [4.69, 9.17) is 0 Å². The maximum absolute atomic E-state index is 11.9. The van der Waals surface area contributed by atoms with Crippen LogP contribution < -0.4 is 10.6 Å². The molecule has 0 radical (unpaired) electrons. The summed E-state index contributed by atoms with van der Waals surface area (Å²) in [7, 11) is 0. The van der Waals surface area contributed by atoms with Crippen molar-refractivity contribution in [3.63, 3.8) is 0 Å². The molecule has 0 atom stereocenters. The molecule has 0 heterocycles. The Balaban J connectivity index is 1.66. The molecule has 0 saturated heterocycles. The Hall–Kier alpha value is -1.84. The average Bonchev–Trinajstić information content (AvgIpc) is 2.76. The SMILES string of the molecule is O=C(CCNC(=O)c1ccccc1)NC1CCCCCC1. The highest BCUT2D eigenvalue weighted by atomic mass is 16.2. The van der Waals surface area contributed by atoms with Crippen LogP contribution in [0.15, 0.2) is 30.3 Å². The fourth-order valence-electron chi connectivity index (χ4n) is 2.70. The molecule has 0 aliphatic heterocycles. The first-order valence-electron chi connectivity index (χ1n) is 7.88. The van der Waals surface area contributed by atoms with Crippen LogP contribution in [0.2, 0.25) is 0 Å². The molecule has 1 aliphatic rings. The van der Waals surface area contributed by atoms with Gasteiger partial charge in [-0.15, -0.1) is 0 Å². The molecule has 2 N–H and O–H groups in total. The monoisotopic (exact) mass is 288 g/mol. The van der Waals surface area contributed by atoms with Gasteiger partial charge < -0.3 is 10.6 Å². The molecule has 1 aliphatic carbocycles. The third-order valence-corrected chi connectivity index (χ3v) is 3.89. The summed E-state index contributed by atoms with van der Waals surface area (Å²) in [5, 5.41) is 5.86. The topological polar surface area (TPSA) is 58.2 Å². The maximum atomic E-state index is 11.9. The van der Waals surface area contributed by atoms with E-state index >= 15 is 0 Å². The predicted molar refractivity (Wildman–Crippen MR) is 83.0 cm³/mol.